The fourth-order valence-electron chi connectivity index (χ4n) is 7.30. The number of fused-ring (bicyclic) bond motifs is 2. The summed E-state index contributed by atoms with van der Waals surface area (Å²) in [6.07, 6.45) is 25.1. The van der Waals surface area contributed by atoms with Crippen molar-refractivity contribution in [2.45, 2.75) is 87.7 Å². The average Bonchev–Trinajstić information content (AvgIpc) is 3.49. The standard InChI is InChI=1S/C38H49ClOS/c1-36(2,3)40-25-15-6-7-16-26-41(5,38(29-39)24-23-31-19-11-14-22-35(31)38)37(4)33(27-30-17-9-8-10-18-30)28-32-20-12-13-21-34(32)37/h8-9,11-14,17,19-24,28H,6-7,10,15-16,18,25-27,29H2,1-5H3. The summed E-state index contributed by atoms with van der Waals surface area (Å²) in [6, 6.07) is 18.2. The molecule has 0 amide bonds. The van der Waals surface area contributed by atoms with Crippen molar-refractivity contribution < 1.29 is 4.74 Å². The van der Waals surface area contributed by atoms with Crippen molar-refractivity contribution in [3.8, 4) is 0 Å². The van der Waals surface area contributed by atoms with Crippen molar-refractivity contribution in [1.29, 1.82) is 0 Å². The van der Waals surface area contributed by atoms with Gasteiger partial charge in [0, 0.05) is 17.2 Å². The molecule has 3 unspecified atom stereocenters. The molecule has 5 rings (SSSR count). The molecule has 3 aliphatic rings. The summed E-state index contributed by atoms with van der Waals surface area (Å²) in [6.45, 7) is 9.86. The maximum Gasteiger partial charge on any atom is 0.0598 e. The van der Waals surface area contributed by atoms with E-state index >= 15 is 0 Å². The summed E-state index contributed by atoms with van der Waals surface area (Å²) < 4.78 is 5.77. The van der Waals surface area contributed by atoms with Crippen LogP contribution in [-0.2, 0) is 14.2 Å². The Morgan fingerprint density at radius 3 is 2.34 bits per heavy atom. The molecule has 3 heteroatoms. The SMILES string of the molecule is CC(C)(C)OCCCCCCS(C)(C1(CCl)C=Cc2ccccc21)C1(C)C(CC2=CC=CCC2)=Cc2ccccc21. The van der Waals surface area contributed by atoms with Crippen LogP contribution in [-0.4, -0.2) is 30.1 Å². The summed E-state index contributed by atoms with van der Waals surface area (Å²) >= 11 is 7.22. The number of unbranched alkanes of at least 4 members (excludes halogenated alkanes) is 3. The first-order valence-electron chi connectivity index (χ1n) is 15.5. The van der Waals surface area contributed by atoms with E-state index in [0.29, 0.717) is 5.88 Å². The van der Waals surface area contributed by atoms with E-state index in [2.05, 4.69) is 119 Å². The van der Waals surface area contributed by atoms with E-state index in [4.69, 9.17) is 16.3 Å². The molecular weight excluding hydrogens is 540 g/mol. The first-order chi connectivity index (χ1) is 19.6. The maximum absolute atomic E-state index is 7.22. The summed E-state index contributed by atoms with van der Waals surface area (Å²) in [4.78, 5) is 0. The number of allylic oxidation sites excluding steroid dienone is 4. The van der Waals surface area contributed by atoms with Crippen LogP contribution >= 0.6 is 21.6 Å². The van der Waals surface area contributed by atoms with Crippen molar-refractivity contribution in [1.82, 2.24) is 0 Å². The quantitative estimate of drug-likeness (QED) is 0.177. The smallest absolute Gasteiger partial charge is 0.0598 e. The van der Waals surface area contributed by atoms with Crippen LogP contribution in [0.5, 0.6) is 0 Å². The van der Waals surface area contributed by atoms with Gasteiger partial charge in [0.25, 0.3) is 0 Å². The van der Waals surface area contributed by atoms with Crippen LogP contribution in [0.1, 0.15) is 94.9 Å². The highest BCUT2D eigenvalue weighted by atomic mass is 35.5. The molecule has 0 aliphatic heterocycles. The second-order valence-electron chi connectivity index (χ2n) is 13.4. The van der Waals surface area contributed by atoms with Gasteiger partial charge < -0.3 is 4.74 Å². The lowest BCUT2D eigenvalue weighted by Gasteiger charge is -2.61. The number of rotatable bonds is 12. The van der Waals surface area contributed by atoms with E-state index in [-0.39, 0.29) is 15.1 Å². The van der Waals surface area contributed by atoms with Gasteiger partial charge in [-0.15, -0.1) is 11.6 Å². The van der Waals surface area contributed by atoms with Gasteiger partial charge in [-0.05, 0) is 99.6 Å². The first kappa shape index (κ1) is 30.5. The summed E-state index contributed by atoms with van der Waals surface area (Å²) in [5.41, 5.74) is 8.74. The van der Waals surface area contributed by atoms with Crippen molar-refractivity contribution in [3.63, 3.8) is 0 Å². The fraction of sp³-hybridized carbons (Fsp3) is 0.474. The van der Waals surface area contributed by atoms with Gasteiger partial charge in [-0.25, -0.2) is 10.0 Å². The molecule has 220 valence electrons. The van der Waals surface area contributed by atoms with Crippen molar-refractivity contribution >= 4 is 33.8 Å². The third-order valence-electron chi connectivity index (χ3n) is 9.77. The molecule has 3 aliphatic carbocycles. The number of ether oxygens (including phenoxy) is 1. The first-order valence-corrected chi connectivity index (χ1v) is 18.3. The minimum Gasteiger partial charge on any atom is -0.376 e. The zero-order chi connectivity index (χ0) is 29.1. The van der Waals surface area contributed by atoms with E-state index in [9.17, 15) is 0 Å². The largest absolute Gasteiger partial charge is 0.376 e. The predicted octanol–water partition coefficient (Wildman–Crippen LogP) is 10.9. The minimum absolute atomic E-state index is 0.0611. The molecule has 0 N–H and O–H groups in total. The van der Waals surface area contributed by atoms with Gasteiger partial charge in [-0.2, -0.15) is 0 Å². The molecule has 0 aromatic heterocycles. The molecular formula is C38H49ClOS. The summed E-state index contributed by atoms with van der Waals surface area (Å²) in [7, 11) is -1.41. The summed E-state index contributed by atoms with van der Waals surface area (Å²) in [5.74, 6) is 1.81. The fourth-order valence-corrected chi connectivity index (χ4v) is 13.2. The Morgan fingerprint density at radius 2 is 1.63 bits per heavy atom. The summed E-state index contributed by atoms with van der Waals surface area (Å²) in [5, 5.41) is 0. The Morgan fingerprint density at radius 1 is 0.927 bits per heavy atom. The molecule has 0 fully saturated rings. The molecule has 3 atom stereocenters. The van der Waals surface area contributed by atoms with Gasteiger partial charge in [0.05, 0.1) is 10.3 Å². The van der Waals surface area contributed by atoms with Crippen LogP contribution < -0.4 is 0 Å². The molecule has 41 heavy (non-hydrogen) atoms. The molecule has 0 radical (unpaired) electrons. The third kappa shape index (κ3) is 5.69. The monoisotopic (exact) mass is 588 g/mol. The predicted molar refractivity (Wildman–Crippen MR) is 183 cm³/mol. The molecule has 2 aromatic carbocycles. The lowest BCUT2D eigenvalue weighted by molar-refractivity contribution is -0.00470. The van der Waals surface area contributed by atoms with Gasteiger partial charge in [-0.1, -0.05) is 103 Å². The van der Waals surface area contributed by atoms with Crippen LogP contribution in [0.2, 0.25) is 0 Å². The molecule has 0 heterocycles. The van der Waals surface area contributed by atoms with Crippen molar-refractivity contribution in [2.75, 3.05) is 24.5 Å². The topological polar surface area (TPSA) is 9.23 Å². The van der Waals surface area contributed by atoms with Crippen molar-refractivity contribution in [2.24, 2.45) is 0 Å². The Kier molecular flexibility index (Phi) is 9.15. The van der Waals surface area contributed by atoms with Gasteiger partial charge >= 0.3 is 0 Å². The maximum atomic E-state index is 7.22. The molecule has 1 nitrogen and oxygen atoms in total. The Labute approximate surface area is 256 Å². The second kappa shape index (κ2) is 12.3. The van der Waals surface area contributed by atoms with Gasteiger partial charge in [0.2, 0.25) is 0 Å². The van der Waals surface area contributed by atoms with Crippen LogP contribution in [0, 0.1) is 0 Å². The average molecular weight is 589 g/mol. The normalized spacial score (nSPS) is 25.3. The van der Waals surface area contributed by atoms with Crippen LogP contribution in [0.4, 0.5) is 0 Å². The Balaban J connectivity index is 1.53. The second-order valence-corrected chi connectivity index (χ2v) is 17.8. The minimum atomic E-state index is -1.41. The van der Waals surface area contributed by atoms with Gasteiger partial charge in [0.15, 0.2) is 0 Å². The highest BCUT2D eigenvalue weighted by Crippen LogP contribution is 2.78. The Bertz CT molecular complexity index is 1360. The number of hydrogen-bond donors (Lipinski definition) is 0. The molecule has 0 saturated heterocycles. The molecule has 0 bridgehead atoms. The lowest BCUT2D eigenvalue weighted by Crippen LogP contribution is -2.45. The van der Waals surface area contributed by atoms with E-state index in [0.717, 1.165) is 32.3 Å². The molecule has 0 saturated carbocycles. The highest BCUT2D eigenvalue weighted by Gasteiger charge is 2.58. The van der Waals surface area contributed by atoms with Gasteiger partial charge in [-0.3, -0.25) is 0 Å². The molecule has 0 spiro atoms. The van der Waals surface area contributed by atoms with E-state index in [1.54, 1.807) is 11.1 Å². The van der Waals surface area contributed by atoms with Crippen LogP contribution in [0.15, 0.2) is 84.0 Å². The number of alkyl halides is 1. The van der Waals surface area contributed by atoms with Crippen molar-refractivity contribution in [3.05, 3.63) is 106 Å². The Hall–Kier alpha value is -2.00. The zero-order valence-corrected chi connectivity index (χ0v) is 27.4. The highest BCUT2D eigenvalue weighted by molar-refractivity contribution is 8.34. The number of hydrogen-bond acceptors (Lipinski definition) is 1. The zero-order valence-electron chi connectivity index (χ0n) is 25.8. The van der Waals surface area contributed by atoms with Gasteiger partial charge in [0.1, 0.15) is 0 Å². The van der Waals surface area contributed by atoms with Crippen LogP contribution in [0.25, 0.3) is 12.2 Å². The molecule has 2 aromatic rings. The van der Waals surface area contributed by atoms with Crippen LogP contribution in [0.3, 0.4) is 0 Å². The van der Waals surface area contributed by atoms with E-state index in [1.165, 1.54) is 47.3 Å². The lowest BCUT2D eigenvalue weighted by atomic mass is 9.90. The number of halogens is 1. The van der Waals surface area contributed by atoms with E-state index in [1.807, 2.05) is 0 Å². The third-order valence-corrected chi connectivity index (χ3v) is 15.8. The van der Waals surface area contributed by atoms with E-state index < -0.39 is 10.0 Å². The number of benzene rings is 2.